The summed E-state index contributed by atoms with van der Waals surface area (Å²) in [5, 5.41) is 4.39. The van der Waals surface area contributed by atoms with Gasteiger partial charge in [-0.25, -0.2) is 14.6 Å². The highest BCUT2D eigenvalue weighted by atomic mass is 79.9. The summed E-state index contributed by atoms with van der Waals surface area (Å²) in [7, 11) is 0. The van der Waals surface area contributed by atoms with Crippen LogP contribution in [0.1, 0.15) is 22.6 Å². The Morgan fingerprint density at radius 2 is 2.00 bits per heavy atom. The van der Waals surface area contributed by atoms with Gasteiger partial charge < -0.3 is 5.73 Å². The molecule has 90 valence electrons. The summed E-state index contributed by atoms with van der Waals surface area (Å²) in [5.74, 6) is 0.575. The van der Waals surface area contributed by atoms with Crippen molar-refractivity contribution in [1.29, 1.82) is 0 Å². The number of hydrogen-bond donors (Lipinski definition) is 1. The highest BCUT2D eigenvalue weighted by molar-refractivity contribution is 9.10. The van der Waals surface area contributed by atoms with E-state index in [0.717, 1.165) is 27.1 Å². The van der Waals surface area contributed by atoms with Gasteiger partial charge in [0, 0.05) is 24.0 Å². The zero-order valence-corrected chi connectivity index (χ0v) is 11.6. The van der Waals surface area contributed by atoms with Gasteiger partial charge in [0.2, 0.25) is 0 Å². The van der Waals surface area contributed by atoms with E-state index in [1.807, 2.05) is 20.8 Å². The van der Waals surface area contributed by atoms with Crippen LogP contribution in [-0.4, -0.2) is 19.7 Å². The Balaban J connectivity index is 2.53. The zero-order chi connectivity index (χ0) is 12.6. The van der Waals surface area contributed by atoms with Crippen molar-refractivity contribution in [1.82, 2.24) is 19.7 Å². The third-order valence-electron chi connectivity index (χ3n) is 2.68. The molecule has 0 amide bonds. The minimum Gasteiger partial charge on any atom is -0.326 e. The summed E-state index contributed by atoms with van der Waals surface area (Å²) in [6.07, 6.45) is 1.75. The van der Waals surface area contributed by atoms with Crippen molar-refractivity contribution in [2.24, 2.45) is 5.73 Å². The molecule has 2 heterocycles. The van der Waals surface area contributed by atoms with Gasteiger partial charge in [-0.3, -0.25) is 0 Å². The molecule has 0 unspecified atom stereocenters. The first-order chi connectivity index (χ1) is 8.04. The van der Waals surface area contributed by atoms with Gasteiger partial charge in [-0.15, -0.1) is 0 Å². The van der Waals surface area contributed by atoms with Gasteiger partial charge >= 0.3 is 0 Å². The molecule has 2 N–H and O–H groups in total. The van der Waals surface area contributed by atoms with Crippen LogP contribution in [0.25, 0.3) is 5.95 Å². The van der Waals surface area contributed by atoms with Crippen molar-refractivity contribution >= 4 is 15.9 Å². The number of aromatic nitrogens is 4. The molecule has 0 saturated heterocycles. The fourth-order valence-corrected chi connectivity index (χ4v) is 1.85. The molecule has 2 aromatic heterocycles. The topological polar surface area (TPSA) is 69.6 Å². The second-order valence-electron chi connectivity index (χ2n) is 3.88. The second kappa shape index (κ2) is 4.54. The van der Waals surface area contributed by atoms with Crippen LogP contribution >= 0.6 is 15.9 Å². The largest absolute Gasteiger partial charge is 0.326 e. The number of rotatable bonds is 2. The Morgan fingerprint density at radius 3 is 2.47 bits per heavy atom. The van der Waals surface area contributed by atoms with Crippen LogP contribution in [0.4, 0.5) is 0 Å². The first kappa shape index (κ1) is 12.2. The molecule has 0 saturated carbocycles. The van der Waals surface area contributed by atoms with E-state index in [1.165, 1.54) is 0 Å². The third kappa shape index (κ3) is 2.10. The van der Waals surface area contributed by atoms with E-state index in [9.17, 15) is 0 Å². The quantitative estimate of drug-likeness (QED) is 0.917. The lowest BCUT2D eigenvalue weighted by molar-refractivity contribution is 0.761. The maximum absolute atomic E-state index is 5.59. The highest BCUT2D eigenvalue weighted by Crippen LogP contribution is 2.21. The average molecular weight is 296 g/mol. The Labute approximate surface area is 108 Å². The van der Waals surface area contributed by atoms with E-state index in [4.69, 9.17) is 5.73 Å². The summed E-state index contributed by atoms with van der Waals surface area (Å²) >= 11 is 3.49. The molecular formula is C11H14BrN5. The lowest BCUT2D eigenvalue weighted by atomic mass is 10.2. The van der Waals surface area contributed by atoms with E-state index < -0.39 is 0 Å². The first-order valence-electron chi connectivity index (χ1n) is 5.29. The zero-order valence-electron chi connectivity index (χ0n) is 10.0. The molecule has 0 spiro atoms. The SMILES string of the molecule is Cc1nc(-n2nc(C)c(Br)c2C)ncc1CN. The maximum atomic E-state index is 5.59. The first-order valence-corrected chi connectivity index (χ1v) is 6.08. The Bertz CT molecular complexity index is 561. The predicted molar refractivity (Wildman–Crippen MR) is 69.0 cm³/mol. The molecule has 0 aromatic carbocycles. The molecule has 0 atom stereocenters. The summed E-state index contributed by atoms with van der Waals surface area (Å²) in [5.41, 5.74) is 9.34. The van der Waals surface area contributed by atoms with Crippen LogP contribution < -0.4 is 5.73 Å². The van der Waals surface area contributed by atoms with Crippen LogP contribution in [0.15, 0.2) is 10.7 Å². The predicted octanol–water partition coefficient (Wildman–Crippen LogP) is 1.81. The van der Waals surface area contributed by atoms with Crippen LogP contribution in [0, 0.1) is 20.8 Å². The van der Waals surface area contributed by atoms with Crippen LogP contribution in [0.5, 0.6) is 0 Å². The van der Waals surface area contributed by atoms with E-state index in [-0.39, 0.29) is 0 Å². The molecule has 5 nitrogen and oxygen atoms in total. The molecule has 6 heteroatoms. The Morgan fingerprint density at radius 1 is 1.29 bits per heavy atom. The summed E-state index contributed by atoms with van der Waals surface area (Å²) in [6, 6.07) is 0. The van der Waals surface area contributed by atoms with Crippen molar-refractivity contribution in [3.05, 3.63) is 33.3 Å². The molecule has 0 aliphatic heterocycles. The number of nitrogens with two attached hydrogens (primary N) is 1. The van der Waals surface area contributed by atoms with Crippen LogP contribution in [0.2, 0.25) is 0 Å². The van der Waals surface area contributed by atoms with Gasteiger partial charge in [-0.05, 0) is 36.7 Å². The number of hydrogen-bond acceptors (Lipinski definition) is 4. The highest BCUT2D eigenvalue weighted by Gasteiger charge is 2.12. The minimum absolute atomic E-state index is 0.451. The van der Waals surface area contributed by atoms with Crippen molar-refractivity contribution in [2.75, 3.05) is 0 Å². The van der Waals surface area contributed by atoms with E-state index in [2.05, 4.69) is 31.0 Å². The number of nitrogens with zero attached hydrogens (tertiary/aromatic N) is 4. The molecule has 2 rings (SSSR count). The molecule has 0 aliphatic rings. The summed E-state index contributed by atoms with van der Waals surface area (Å²) < 4.78 is 2.72. The van der Waals surface area contributed by atoms with Crippen molar-refractivity contribution < 1.29 is 0 Å². The molecule has 0 aliphatic carbocycles. The van der Waals surface area contributed by atoms with Gasteiger partial charge in [-0.1, -0.05) is 0 Å². The van der Waals surface area contributed by atoms with Crippen molar-refractivity contribution in [3.63, 3.8) is 0 Å². The molecule has 17 heavy (non-hydrogen) atoms. The fraction of sp³-hybridized carbons (Fsp3) is 0.364. The van der Waals surface area contributed by atoms with Gasteiger partial charge in [0.25, 0.3) is 5.95 Å². The monoisotopic (exact) mass is 295 g/mol. The van der Waals surface area contributed by atoms with E-state index >= 15 is 0 Å². The average Bonchev–Trinajstić information content (AvgIpc) is 2.57. The van der Waals surface area contributed by atoms with Crippen molar-refractivity contribution in [2.45, 2.75) is 27.3 Å². The summed E-state index contributed by atoms with van der Waals surface area (Å²) in [4.78, 5) is 8.70. The summed E-state index contributed by atoms with van der Waals surface area (Å²) in [6.45, 7) is 6.29. The lowest BCUT2D eigenvalue weighted by Gasteiger charge is -2.06. The minimum atomic E-state index is 0.451. The third-order valence-corrected chi connectivity index (χ3v) is 3.83. The molecule has 0 bridgehead atoms. The van der Waals surface area contributed by atoms with Gasteiger partial charge in [0.15, 0.2) is 0 Å². The second-order valence-corrected chi connectivity index (χ2v) is 4.67. The normalized spacial score (nSPS) is 10.9. The van der Waals surface area contributed by atoms with Crippen molar-refractivity contribution in [3.8, 4) is 5.95 Å². The molecular weight excluding hydrogens is 282 g/mol. The number of aryl methyl sites for hydroxylation is 2. The number of halogens is 1. The smallest absolute Gasteiger partial charge is 0.251 e. The van der Waals surface area contributed by atoms with Gasteiger partial charge in [0.05, 0.1) is 15.9 Å². The van der Waals surface area contributed by atoms with Crippen LogP contribution in [-0.2, 0) is 6.54 Å². The Hall–Kier alpha value is -1.27. The Kier molecular flexibility index (Phi) is 3.26. The van der Waals surface area contributed by atoms with Crippen LogP contribution in [0.3, 0.4) is 0 Å². The molecule has 0 fully saturated rings. The van der Waals surface area contributed by atoms with Gasteiger partial charge in [-0.2, -0.15) is 5.10 Å². The lowest BCUT2D eigenvalue weighted by Crippen LogP contribution is -2.09. The molecule has 0 radical (unpaired) electrons. The standard InChI is InChI=1S/C11H14BrN5/c1-6-9(4-13)5-14-11(15-6)17-8(3)10(12)7(2)16-17/h5H,4,13H2,1-3H3. The van der Waals surface area contributed by atoms with E-state index in [1.54, 1.807) is 10.9 Å². The van der Waals surface area contributed by atoms with Gasteiger partial charge in [0.1, 0.15) is 0 Å². The fourth-order valence-electron chi connectivity index (χ4n) is 1.60. The maximum Gasteiger partial charge on any atom is 0.251 e. The van der Waals surface area contributed by atoms with E-state index in [0.29, 0.717) is 12.5 Å². The molecule has 2 aromatic rings.